The standard InChI is InChI=1S/C12H18ClNO/c1-9(8-15)7-14-10(2)11-3-5-12(13)6-4-11/h3-6,9-10,14-15H,7-8H2,1-2H3/t9?,10-/m0/s1. The Morgan fingerprint density at radius 2 is 1.87 bits per heavy atom. The van der Waals surface area contributed by atoms with Gasteiger partial charge in [-0.2, -0.15) is 0 Å². The number of nitrogens with one attached hydrogen (secondary N) is 1. The van der Waals surface area contributed by atoms with E-state index in [-0.39, 0.29) is 12.6 Å². The molecule has 2 atom stereocenters. The number of rotatable bonds is 5. The highest BCUT2D eigenvalue weighted by Crippen LogP contribution is 2.16. The highest BCUT2D eigenvalue weighted by Gasteiger charge is 2.06. The summed E-state index contributed by atoms with van der Waals surface area (Å²) in [5.74, 6) is 0.291. The molecular formula is C12H18ClNO. The first-order chi connectivity index (χ1) is 7.13. The highest BCUT2D eigenvalue weighted by molar-refractivity contribution is 6.30. The Balaban J connectivity index is 2.46. The van der Waals surface area contributed by atoms with Crippen molar-refractivity contribution in [1.82, 2.24) is 5.32 Å². The Labute approximate surface area is 96.3 Å². The zero-order valence-electron chi connectivity index (χ0n) is 9.20. The minimum absolute atomic E-state index is 0.223. The number of aliphatic hydroxyl groups is 1. The molecule has 2 nitrogen and oxygen atoms in total. The average Bonchev–Trinajstić information content (AvgIpc) is 2.26. The van der Waals surface area contributed by atoms with Crippen LogP contribution < -0.4 is 5.32 Å². The fraction of sp³-hybridized carbons (Fsp3) is 0.500. The van der Waals surface area contributed by atoms with Gasteiger partial charge < -0.3 is 10.4 Å². The van der Waals surface area contributed by atoms with Gasteiger partial charge in [0.1, 0.15) is 0 Å². The van der Waals surface area contributed by atoms with Crippen LogP contribution in [0.25, 0.3) is 0 Å². The van der Waals surface area contributed by atoms with E-state index < -0.39 is 0 Å². The normalized spacial score (nSPS) is 14.9. The Bertz CT molecular complexity index is 286. The van der Waals surface area contributed by atoms with E-state index in [0.717, 1.165) is 11.6 Å². The second-order valence-electron chi connectivity index (χ2n) is 3.97. The number of halogens is 1. The van der Waals surface area contributed by atoms with Crippen LogP contribution in [0.2, 0.25) is 5.02 Å². The van der Waals surface area contributed by atoms with E-state index in [1.54, 1.807) is 0 Å². The number of aliphatic hydroxyl groups excluding tert-OH is 1. The maximum absolute atomic E-state index is 8.90. The quantitative estimate of drug-likeness (QED) is 0.811. The van der Waals surface area contributed by atoms with Crippen molar-refractivity contribution in [2.45, 2.75) is 19.9 Å². The minimum Gasteiger partial charge on any atom is -0.396 e. The van der Waals surface area contributed by atoms with Crippen molar-refractivity contribution in [3.05, 3.63) is 34.9 Å². The third kappa shape index (κ3) is 4.20. The Morgan fingerprint density at radius 3 is 2.40 bits per heavy atom. The predicted molar refractivity (Wildman–Crippen MR) is 64.1 cm³/mol. The summed E-state index contributed by atoms with van der Waals surface area (Å²) in [5, 5.41) is 13.0. The van der Waals surface area contributed by atoms with Gasteiger partial charge in [0.05, 0.1) is 0 Å². The molecule has 1 aromatic carbocycles. The van der Waals surface area contributed by atoms with Crippen molar-refractivity contribution in [1.29, 1.82) is 0 Å². The van der Waals surface area contributed by atoms with E-state index >= 15 is 0 Å². The van der Waals surface area contributed by atoms with Crippen LogP contribution >= 0.6 is 11.6 Å². The molecule has 1 rings (SSSR count). The third-order valence-electron chi connectivity index (χ3n) is 2.45. The SMILES string of the molecule is CC(CO)CN[C@@H](C)c1ccc(Cl)cc1. The predicted octanol–water partition coefficient (Wildman–Crippen LogP) is 2.62. The van der Waals surface area contributed by atoms with Gasteiger partial charge >= 0.3 is 0 Å². The molecule has 0 aliphatic rings. The molecule has 0 saturated carbocycles. The second kappa shape index (κ2) is 6.11. The first-order valence-electron chi connectivity index (χ1n) is 5.23. The smallest absolute Gasteiger partial charge is 0.0468 e. The molecule has 0 saturated heterocycles. The molecule has 2 N–H and O–H groups in total. The molecule has 0 radical (unpaired) electrons. The Hall–Kier alpha value is -0.570. The number of hydrogen-bond acceptors (Lipinski definition) is 2. The van der Waals surface area contributed by atoms with E-state index in [2.05, 4.69) is 12.2 Å². The molecule has 0 aromatic heterocycles. The molecule has 0 spiro atoms. The van der Waals surface area contributed by atoms with Gasteiger partial charge in [-0.25, -0.2) is 0 Å². The summed E-state index contributed by atoms with van der Waals surface area (Å²) in [6.45, 7) is 5.16. The third-order valence-corrected chi connectivity index (χ3v) is 2.71. The van der Waals surface area contributed by atoms with Gasteiger partial charge in [-0.3, -0.25) is 0 Å². The van der Waals surface area contributed by atoms with Crippen molar-refractivity contribution in [3.63, 3.8) is 0 Å². The molecule has 3 heteroatoms. The van der Waals surface area contributed by atoms with E-state index in [1.807, 2.05) is 31.2 Å². The lowest BCUT2D eigenvalue weighted by Crippen LogP contribution is -2.26. The highest BCUT2D eigenvalue weighted by atomic mass is 35.5. The van der Waals surface area contributed by atoms with Crippen LogP contribution in [0.5, 0.6) is 0 Å². The van der Waals surface area contributed by atoms with Gasteiger partial charge in [0.15, 0.2) is 0 Å². The molecule has 84 valence electrons. The van der Waals surface area contributed by atoms with E-state index in [0.29, 0.717) is 5.92 Å². The van der Waals surface area contributed by atoms with E-state index in [4.69, 9.17) is 16.7 Å². The van der Waals surface area contributed by atoms with Crippen LogP contribution in [-0.2, 0) is 0 Å². The lowest BCUT2D eigenvalue weighted by Gasteiger charge is -2.16. The maximum Gasteiger partial charge on any atom is 0.0468 e. The summed E-state index contributed by atoms with van der Waals surface area (Å²) >= 11 is 5.81. The van der Waals surface area contributed by atoms with Crippen molar-refractivity contribution in [2.75, 3.05) is 13.2 Å². The molecule has 0 aliphatic carbocycles. The molecule has 0 amide bonds. The van der Waals surface area contributed by atoms with Gasteiger partial charge in [0.2, 0.25) is 0 Å². The molecule has 0 fully saturated rings. The molecule has 0 heterocycles. The van der Waals surface area contributed by atoms with Crippen molar-refractivity contribution >= 4 is 11.6 Å². The van der Waals surface area contributed by atoms with E-state index in [9.17, 15) is 0 Å². The van der Waals surface area contributed by atoms with Crippen LogP contribution in [0.3, 0.4) is 0 Å². The average molecular weight is 228 g/mol. The lowest BCUT2D eigenvalue weighted by molar-refractivity contribution is 0.231. The summed E-state index contributed by atoms with van der Waals surface area (Å²) < 4.78 is 0. The molecule has 15 heavy (non-hydrogen) atoms. The monoisotopic (exact) mass is 227 g/mol. The largest absolute Gasteiger partial charge is 0.396 e. The Morgan fingerprint density at radius 1 is 1.27 bits per heavy atom. The van der Waals surface area contributed by atoms with Gasteiger partial charge in [0.25, 0.3) is 0 Å². The van der Waals surface area contributed by atoms with Gasteiger partial charge in [-0.05, 0) is 30.5 Å². The summed E-state index contributed by atoms with van der Waals surface area (Å²) in [6.07, 6.45) is 0. The lowest BCUT2D eigenvalue weighted by atomic mass is 10.1. The van der Waals surface area contributed by atoms with Crippen LogP contribution in [0, 0.1) is 5.92 Å². The second-order valence-corrected chi connectivity index (χ2v) is 4.41. The summed E-state index contributed by atoms with van der Waals surface area (Å²) in [4.78, 5) is 0. The molecule has 0 aliphatic heterocycles. The minimum atomic E-state index is 0.223. The molecule has 0 bridgehead atoms. The van der Waals surface area contributed by atoms with Gasteiger partial charge in [-0.1, -0.05) is 30.7 Å². The summed E-state index contributed by atoms with van der Waals surface area (Å²) in [5.41, 5.74) is 1.21. The van der Waals surface area contributed by atoms with Crippen LogP contribution in [0.15, 0.2) is 24.3 Å². The fourth-order valence-electron chi connectivity index (χ4n) is 1.31. The first kappa shape index (κ1) is 12.5. The molecule has 1 unspecified atom stereocenters. The van der Waals surface area contributed by atoms with Gasteiger partial charge in [-0.15, -0.1) is 0 Å². The van der Waals surface area contributed by atoms with Gasteiger partial charge in [0, 0.05) is 24.2 Å². The summed E-state index contributed by atoms with van der Waals surface area (Å²) in [7, 11) is 0. The number of hydrogen-bond donors (Lipinski definition) is 2. The van der Waals surface area contributed by atoms with E-state index in [1.165, 1.54) is 5.56 Å². The Kier molecular flexibility index (Phi) is 5.09. The number of benzene rings is 1. The van der Waals surface area contributed by atoms with Crippen molar-refractivity contribution < 1.29 is 5.11 Å². The van der Waals surface area contributed by atoms with Crippen molar-refractivity contribution in [2.24, 2.45) is 5.92 Å². The summed E-state index contributed by atoms with van der Waals surface area (Å²) in [6, 6.07) is 8.11. The molecular weight excluding hydrogens is 210 g/mol. The van der Waals surface area contributed by atoms with Crippen LogP contribution in [-0.4, -0.2) is 18.3 Å². The maximum atomic E-state index is 8.90. The zero-order chi connectivity index (χ0) is 11.3. The fourth-order valence-corrected chi connectivity index (χ4v) is 1.44. The first-order valence-corrected chi connectivity index (χ1v) is 5.61. The molecule has 1 aromatic rings. The zero-order valence-corrected chi connectivity index (χ0v) is 9.96. The van der Waals surface area contributed by atoms with Crippen LogP contribution in [0.1, 0.15) is 25.5 Å². The topological polar surface area (TPSA) is 32.3 Å². The van der Waals surface area contributed by atoms with Crippen LogP contribution in [0.4, 0.5) is 0 Å². The van der Waals surface area contributed by atoms with Crippen molar-refractivity contribution in [3.8, 4) is 0 Å².